The molecule has 7 nitrogen and oxygen atoms in total. The monoisotopic (exact) mass is 366 g/mol. The number of likely N-dealkylation sites (tertiary alicyclic amines) is 1. The van der Waals surface area contributed by atoms with Crippen molar-refractivity contribution in [1.29, 1.82) is 0 Å². The normalized spacial score (nSPS) is 18.5. The van der Waals surface area contributed by atoms with E-state index >= 15 is 0 Å². The zero-order valence-corrected chi connectivity index (χ0v) is 16.0. The zero-order chi connectivity index (χ0) is 18.6. The van der Waals surface area contributed by atoms with E-state index in [1.807, 2.05) is 26.2 Å². The van der Waals surface area contributed by atoms with Gasteiger partial charge in [-0.1, -0.05) is 5.16 Å². The first-order chi connectivity index (χ1) is 13.2. The number of rotatable bonds is 5. The van der Waals surface area contributed by atoms with E-state index in [-0.39, 0.29) is 0 Å². The third kappa shape index (κ3) is 4.24. The van der Waals surface area contributed by atoms with Crippen LogP contribution in [0.5, 0.6) is 0 Å². The number of H-pyrrole nitrogens is 1. The van der Waals surface area contributed by atoms with Gasteiger partial charge in [0.15, 0.2) is 0 Å². The van der Waals surface area contributed by atoms with Crippen LogP contribution in [-0.4, -0.2) is 43.1 Å². The number of nitrogens with zero attached hydrogens (tertiary/aromatic N) is 5. The molecule has 0 radical (unpaired) electrons. The number of aromatic amines is 1. The van der Waals surface area contributed by atoms with Crippen LogP contribution in [0.25, 0.3) is 11.3 Å². The van der Waals surface area contributed by atoms with E-state index < -0.39 is 0 Å². The van der Waals surface area contributed by atoms with E-state index in [1.165, 1.54) is 19.3 Å². The van der Waals surface area contributed by atoms with Crippen molar-refractivity contribution in [1.82, 2.24) is 30.0 Å². The predicted octanol–water partition coefficient (Wildman–Crippen LogP) is 3.32. The molecule has 1 unspecified atom stereocenters. The molecule has 1 N–H and O–H groups in total. The molecule has 1 saturated heterocycles. The van der Waals surface area contributed by atoms with Crippen LogP contribution in [-0.2, 0) is 13.0 Å². The molecule has 142 valence electrons. The summed E-state index contributed by atoms with van der Waals surface area (Å²) in [6.07, 6.45) is 10.0. The Morgan fingerprint density at radius 1 is 1.19 bits per heavy atom. The molecule has 27 heavy (non-hydrogen) atoms. The summed E-state index contributed by atoms with van der Waals surface area (Å²) in [5.74, 6) is 2.51. The van der Waals surface area contributed by atoms with Crippen molar-refractivity contribution in [3.63, 3.8) is 0 Å². The third-order valence-corrected chi connectivity index (χ3v) is 5.38. The average molecular weight is 366 g/mol. The second kappa shape index (κ2) is 8.00. The Balaban J connectivity index is 1.40. The Morgan fingerprint density at radius 3 is 2.89 bits per heavy atom. The second-order valence-corrected chi connectivity index (χ2v) is 7.41. The van der Waals surface area contributed by atoms with Gasteiger partial charge in [0, 0.05) is 18.1 Å². The van der Waals surface area contributed by atoms with E-state index in [9.17, 15) is 0 Å². The third-order valence-electron chi connectivity index (χ3n) is 5.38. The standard InChI is InChI=1S/C20H26N6O/c1-14-20(15(2)27-25-14)18-11-17(23-13-24-18)10-16-4-3-8-26(9-5-16)12-19-21-6-7-22-19/h6-7,11,13,16H,3-5,8-10,12H2,1-2H3,(H,21,22). The zero-order valence-electron chi connectivity index (χ0n) is 16.0. The van der Waals surface area contributed by atoms with Gasteiger partial charge in [-0.25, -0.2) is 15.0 Å². The SMILES string of the molecule is Cc1noc(C)c1-c1cc(CC2CCCN(Cc3ncc[nH]3)CC2)ncn1. The van der Waals surface area contributed by atoms with Gasteiger partial charge in [0.25, 0.3) is 0 Å². The summed E-state index contributed by atoms with van der Waals surface area (Å²) in [5.41, 5.74) is 3.87. The van der Waals surface area contributed by atoms with Gasteiger partial charge in [0.05, 0.1) is 23.5 Å². The minimum atomic E-state index is 0.652. The van der Waals surface area contributed by atoms with Crippen LogP contribution >= 0.6 is 0 Å². The highest BCUT2D eigenvalue weighted by molar-refractivity contribution is 5.63. The number of nitrogens with one attached hydrogen (secondary N) is 1. The van der Waals surface area contributed by atoms with Crippen LogP contribution < -0.4 is 0 Å². The molecule has 4 rings (SSSR count). The van der Waals surface area contributed by atoms with Gasteiger partial charge in [-0.3, -0.25) is 4.90 Å². The lowest BCUT2D eigenvalue weighted by atomic mass is 9.94. The summed E-state index contributed by atoms with van der Waals surface area (Å²) in [7, 11) is 0. The van der Waals surface area contributed by atoms with Crippen molar-refractivity contribution in [2.75, 3.05) is 13.1 Å². The molecule has 3 aromatic heterocycles. The van der Waals surface area contributed by atoms with Crippen molar-refractivity contribution in [2.24, 2.45) is 5.92 Å². The van der Waals surface area contributed by atoms with E-state index in [2.05, 4.69) is 36.1 Å². The van der Waals surface area contributed by atoms with Crippen molar-refractivity contribution < 1.29 is 4.52 Å². The molecule has 1 aliphatic rings. The summed E-state index contributed by atoms with van der Waals surface area (Å²) in [5, 5.41) is 4.04. The molecule has 0 amide bonds. The Morgan fingerprint density at radius 2 is 2.11 bits per heavy atom. The summed E-state index contributed by atoms with van der Waals surface area (Å²) >= 11 is 0. The maximum atomic E-state index is 5.29. The molecule has 1 atom stereocenters. The van der Waals surface area contributed by atoms with Gasteiger partial charge in [0.2, 0.25) is 0 Å². The average Bonchev–Trinajstić information content (AvgIpc) is 3.22. The molecular weight excluding hydrogens is 340 g/mol. The molecule has 0 aliphatic carbocycles. The molecular formula is C20H26N6O. The predicted molar refractivity (Wildman–Crippen MR) is 102 cm³/mol. The van der Waals surface area contributed by atoms with Crippen LogP contribution in [0.4, 0.5) is 0 Å². The Bertz CT molecular complexity index is 853. The fraction of sp³-hybridized carbons (Fsp3) is 0.500. The van der Waals surface area contributed by atoms with Crippen LogP contribution in [0.1, 0.15) is 42.2 Å². The Hall–Kier alpha value is -2.54. The van der Waals surface area contributed by atoms with Gasteiger partial charge < -0.3 is 9.51 Å². The summed E-state index contributed by atoms with van der Waals surface area (Å²) < 4.78 is 5.29. The minimum absolute atomic E-state index is 0.652. The summed E-state index contributed by atoms with van der Waals surface area (Å²) in [6, 6.07) is 2.10. The number of hydrogen-bond donors (Lipinski definition) is 1. The minimum Gasteiger partial charge on any atom is -0.361 e. The lowest BCUT2D eigenvalue weighted by Crippen LogP contribution is -2.25. The van der Waals surface area contributed by atoms with E-state index in [0.29, 0.717) is 5.92 Å². The van der Waals surface area contributed by atoms with Crippen LogP contribution in [0.15, 0.2) is 29.3 Å². The van der Waals surface area contributed by atoms with Crippen molar-refractivity contribution in [3.8, 4) is 11.3 Å². The van der Waals surface area contributed by atoms with Crippen molar-refractivity contribution in [2.45, 2.75) is 46.1 Å². The topological polar surface area (TPSA) is 83.7 Å². The molecule has 7 heteroatoms. The molecule has 0 spiro atoms. The van der Waals surface area contributed by atoms with Crippen molar-refractivity contribution in [3.05, 3.63) is 47.8 Å². The van der Waals surface area contributed by atoms with Gasteiger partial charge in [-0.05, 0) is 64.6 Å². The fourth-order valence-electron chi connectivity index (χ4n) is 3.97. The lowest BCUT2D eigenvalue weighted by Gasteiger charge is -2.18. The molecule has 4 heterocycles. The maximum Gasteiger partial charge on any atom is 0.143 e. The lowest BCUT2D eigenvalue weighted by molar-refractivity contribution is 0.266. The Kier molecular flexibility index (Phi) is 5.29. The van der Waals surface area contributed by atoms with Gasteiger partial charge in [0.1, 0.15) is 17.9 Å². The van der Waals surface area contributed by atoms with E-state index in [1.54, 1.807) is 6.33 Å². The quantitative estimate of drug-likeness (QED) is 0.746. The molecule has 0 aromatic carbocycles. The number of hydrogen-bond acceptors (Lipinski definition) is 6. The molecule has 1 aliphatic heterocycles. The molecule has 1 fully saturated rings. The molecule has 0 bridgehead atoms. The Labute approximate surface area is 159 Å². The van der Waals surface area contributed by atoms with Crippen LogP contribution in [0.3, 0.4) is 0 Å². The number of imidazole rings is 1. The fourth-order valence-corrected chi connectivity index (χ4v) is 3.97. The van der Waals surface area contributed by atoms with Gasteiger partial charge >= 0.3 is 0 Å². The summed E-state index contributed by atoms with van der Waals surface area (Å²) in [4.78, 5) is 19.0. The van der Waals surface area contributed by atoms with Crippen LogP contribution in [0.2, 0.25) is 0 Å². The first-order valence-corrected chi connectivity index (χ1v) is 9.64. The van der Waals surface area contributed by atoms with E-state index in [0.717, 1.165) is 60.3 Å². The van der Waals surface area contributed by atoms with Crippen molar-refractivity contribution >= 4 is 0 Å². The number of aryl methyl sites for hydroxylation is 2. The molecule has 0 saturated carbocycles. The van der Waals surface area contributed by atoms with Gasteiger partial charge in [-0.15, -0.1) is 0 Å². The second-order valence-electron chi connectivity index (χ2n) is 7.41. The summed E-state index contributed by atoms with van der Waals surface area (Å²) in [6.45, 7) is 7.02. The van der Waals surface area contributed by atoms with Gasteiger partial charge in [-0.2, -0.15) is 0 Å². The van der Waals surface area contributed by atoms with E-state index in [4.69, 9.17) is 4.52 Å². The highest BCUT2D eigenvalue weighted by atomic mass is 16.5. The highest BCUT2D eigenvalue weighted by Gasteiger charge is 2.20. The largest absolute Gasteiger partial charge is 0.361 e. The molecule has 3 aromatic rings. The first-order valence-electron chi connectivity index (χ1n) is 9.64. The smallest absolute Gasteiger partial charge is 0.143 e. The maximum absolute atomic E-state index is 5.29. The first kappa shape index (κ1) is 17.9. The highest BCUT2D eigenvalue weighted by Crippen LogP contribution is 2.27. The van der Waals surface area contributed by atoms with Crippen LogP contribution in [0, 0.1) is 19.8 Å². The number of aromatic nitrogens is 5.